The van der Waals surface area contributed by atoms with Crippen molar-refractivity contribution in [2.45, 2.75) is 129 Å². The second kappa shape index (κ2) is 8.54. The molecule has 1 saturated heterocycles. The van der Waals surface area contributed by atoms with E-state index in [9.17, 15) is 0 Å². The summed E-state index contributed by atoms with van der Waals surface area (Å²) in [4.78, 5) is 3.14. The van der Waals surface area contributed by atoms with Crippen LogP contribution in [0.5, 0.6) is 0 Å². The summed E-state index contributed by atoms with van der Waals surface area (Å²) in [6.07, 6.45) is 21.1. The fraction of sp³-hybridized carbons (Fsp3) is 1.00. The molecule has 0 aromatic heterocycles. The Morgan fingerprint density at radius 2 is 1.31 bits per heavy atom. The van der Waals surface area contributed by atoms with Crippen molar-refractivity contribution >= 4 is 0 Å². The first-order chi connectivity index (χ1) is 12.7. The summed E-state index contributed by atoms with van der Waals surface area (Å²) < 4.78 is 0. The second-order valence-corrected chi connectivity index (χ2v) is 10.6. The highest BCUT2D eigenvalue weighted by Crippen LogP contribution is 2.49. The zero-order valence-corrected chi connectivity index (χ0v) is 18.0. The van der Waals surface area contributed by atoms with E-state index in [0.29, 0.717) is 0 Å². The molecule has 0 aromatic carbocycles. The van der Waals surface area contributed by atoms with Crippen LogP contribution in [0, 0.1) is 29.6 Å². The topological polar surface area (TPSA) is 3.24 Å². The minimum absolute atomic E-state index is 0.908. The van der Waals surface area contributed by atoms with Crippen LogP contribution in [0.2, 0.25) is 0 Å². The molecule has 150 valence electrons. The molecule has 4 rings (SSSR count). The maximum Gasteiger partial charge on any atom is 0.0133 e. The van der Waals surface area contributed by atoms with E-state index in [1.165, 1.54) is 64.2 Å². The van der Waals surface area contributed by atoms with Crippen LogP contribution in [0.4, 0.5) is 0 Å². The number of likely N-dealkylation sites (tertiary alicyclic amines) is 1. The Labute approximate surface area is 163 Å². The standard InChI is InChI=1S/C25H45N/c1-4-22-23-8-6-7-9-25(23)26(24(22)5-2)21-16-14-20(15-17-21)19-12-10-18(3)11-13-19/h18-25H,4-17H2,1-3H3. The van der Waals surface area contributed by atoms with Crippen molar-refractivity contribution in [1.82, 2.24) is 4.90 Å². The van der Waals surface area contributed by atoms with Gasteiger partial charge in [0.2, 0.25) is 0 Å². The van der Waals surface area contributed by atoms with Gasteiger partial charge in [-0.05, 0) is 87.4 Å². The van der Waals surface area contributed by atoms with Gasteiger partial charge >= 0.3 is 0 Å². The van der Waals surface area contributed by atoms with Crippen LogP contribution < -0.4 is 0 Å². The van der Waals surface area contributed by atoms with Gasteiger partial charge in [0.1, 0.15) is 0 Å². The van der Waals surface area contributed by atoms with Gasteiger partial charge < -0.3 is 0 Å². The van der Waals surface area contributed by atoms with E-state index >= 15 is 0 Å². The van der Waals surface area contributed by atoms with Crippen molar-refractivity contribution in [2.24, 2.45) is 29.6 Å². The summed E-state index contributed by atoms with van der Waals surface area (Å²) in [6, 6.07) is 2.79. The van der Waals surface area contributed by atoms with Gasteiger partial charge in [0.25, 0.3) is 0 Å². The van der Waals surface area contributed by atoms with Gasteiger partial charge in [0.15, 0.2) is 0 Å². The lowest BCUT2D eigenvalue weighted by atomic mass is 9.70. The summed E-state index contributed by atoms with van der Waals surface area (Å²) in [6.45, 7) is 7.42. The fourth-order valence-corrected chi connectivity index (χ4v) is 8.02. The van der Waals surface area contributed by atoms with E-state index in [-0.39, 0.29) is 0 Å². The van der Waals surface area contributed by atoms with Crippen molar-refractivity contribution in [3.05, 3.63) is 0 Å². The Morgan fingerprint density at radius 3 is 1.92 bits per heavy atom. The highest BCUT2D eigenvalue weighted by Gasteiger charge is 2.50. The third kappa shape index (κ3) is 3.63. The first-order valence-electron chi connectivity index (χ1n) is 12.5. The van der Waals surface area contributed by atoms with Gasteiger partial charge in [-0.3, -0.25) is 4.90 Å². The Balaban J connectivity index is 1.39. The van der Waals surface area contributed by atoms with Gasteiger partial charge in [0, 0.05) is 18.1 Å². The number of nitrogens with zero attached hydrogens (tertiary/aromatic N) is 1. The molecule has 0 bridgehead atoms. The van der Waals surface area contributed by atoms with Gasteiger partial charge in [-0.25, -0.2) is 0 Å². The van der Waals surface area contributed by atoms with Gasteiger partial charge in [0.05, 0.1) is 0 Å². The molecule has 0 radical (unpaired) electrons. The van der Waals surface area contributed by atoms with Crippen LogP contribution in [0.25, 0.3) is 0 Å². The fourth-order valence-electron chi connectivity index (χ4n) is 8.02. The molecule has 1 heterocycles. The van der Waals surface area contributed by atoms with Gasteiger partial charge in [-0.2, -0.15) is 0 Å². The molecule has 4 atom stereocenters. The van der Waals surface area contributed by atoms with E-state index < -0.39 is 0 Å². The molecule has 1 aliphatic heterocycles. The number of hydrogen-bond acceptors (Lipinski definition) is 1. The molecule has 4 unspecified atom stereocenters. The van der Waals surface area contributed by atoms with Crippen molar-refractivity contribution in [2.75, 3.05) is 0 Å². The highest BCUT2D eigenvalue weighted by atomic mass is 15.3. The molecule has 4 aliphatic rings. The maximum atomic E-state index is 3.14. The molecular weight excluding hydrogens is 314 g/mol. The average molecular weight is 360 g/mol. The predicted octanol–water partition coefficient (Wildman–Crippen LogP) is 7.05. The molecule has 26 heavy (non-hydrogen) atoms. The van der Waals surface area contributed by atoms with Gasteiger partial charge in [-0.1, -0.05) is 52.9 Å². The van der Waals surface area contributed by atoms with Crippen molar-refractivity contribution < 1.29 is 0 Å². The molecule has 1 heteroatoms. The van der Waals surface area contributed by atoms with Crippen molar-refractivity contribution in [1.29, 1.82) is 0 Å². The number of hydrogen-bond donors (Lipinski definition) is 0. The summed E-state index contributed by atoms with van der Waals surface area (Å²) in [5.41, 5.74) is 0. The third-order valence-corrected chi connectivity index (χ3v) is 9.37. The van der Waals surface area contributed by atoms with E-state index in [1.54, 1.807) is 25.7 Å². The van der Waals surface area contributed by atoms with E-state index in [2.05, 4.69) is 25.7 Å². The SMILES string of the molecule is CCC1C2CCCCC2N(C2CCC(C3CCC(C)CC3)CC2)C1CC. The molecular formula is C25H45N. The summed E-state index contributed by atoms with van der Waals surface area (Å²) in [5.74, 6) is 5.20. The largest absolute Gasteiger partial charge is 0.294 e. The Morgan fingerprint density at radius 1 is 0.692 bits per heavy atom. The lowest BCUT2D eigenvalue weighted by molar-refractivity contribution is 0.0482. The molecule has 1 nitrogen and oxygen atoms in total. The van der Waals surface area contributed by atoms with Crippen molar-refractivity contribution in [3.63, 3.8) is 0 Å². The first kappa shape index (κ1) is 19.3. The lowest BCUT2D eigenvalue weighted by Gasteiger charge is -2.44. The van der Waals surface area contributed by atoms with Gasteiger partial charge in [-0.15, -0.1) is 0 Å². The Kier molecular flexibility index (Phi) is 6.33. The molecule has 0 spiro atoms. The monoisotopic (exact) mass is 359 g/mol. The summed E-state index contributed by atoms with van der Waals surface area (Å²) in [7, 11) is 0. The Bertz CT molecular complexity index is 423. The highest BCUT2D eigenvalue weighted by molar-refractivity contribution is 5.03. The average Bonchev–Trinajstić information content (AvgIpc) is 3.02. The van der Waals surface area contributed by atoms with Crippen LogP contribution in [-0.4, -0.2) is 23.0 Å². The van der Waals surface area contributed by atoms with E-state index in [4.69, 9.17) is 0 Å². The third-order valence-electron chi connectivity index (χ3n) is 9.37. The van der Waals surface area contributed by atoms with Crippen LogP contribution in [-0.2, 0) is 0 Å². The van der Waals surface area contributed by atoms with E-state index in [0.717, 1.165) is 47.7 Å². The quantitative estimate of drug-likeness (QED) is 0.519. The van der Waals surface area contributed by atoms with Crippen LogP contribution in [0.1, 0.15) is 111 Å². The molecule has 0 aromatic rings. The lowest BCUT2D eigenvalue weighted by Crippen LogP contribution is -2.48. The van der Waals surface area contributed by atoms with Crippen molar-refractivity contribution in [3.8, 4) is 0 Å². The minimum atomic E-state index is 0.908. The summed E-state index contributed by atoms with van der Waals surface area (Å²) >= 11 is 0. The second-order valence-electron chi connectivity index (χ2n) is 10.6. The van der Waals surface area contributed by atoms with Crippen LogP contribution in [0.15, 0.2) is 0 Å². The normalized spacial score (nSPS) is 47.7. The van der Waals surface area contributed by atoms with Crippen LogP contribution >= 0.6 is 0 Å². The maximum absolute atomic E-state index is 3.14. The molecule has 3 aliphatic carbocycles. The minimum Gasteiger partial charge on any atom is -0.294 e. The molecule has 4 fully saturated rings. The van der Waals surface area contributed by atoms with Crippen LogP contribution in [0.3, 0.4) is 0 Å². The predicted molar refractivity (Wildman–Crippen MR) is 112 cm³/mol. The number of rotatable bonds is 4. The van der Waals surface area contributed by atoms with E-state index in [1.807, 2.05) is 0 Å². The smallest absolute Gasteiger partial charge is 0.0133 e. The number of fused-ring (bicyclic) bond motifs is 1. The summed E-state index contributed by atoms with van der Waals surface area (Å²) in [5, 5.41) is 0. The zero-order valence-electron chi connectivity index (χ0n) is 18.0. The zero-order chi connectivity index (χ0) is 18.1. The molecule has 0 N–H and O–H groups in total. The Hall–Kier alpha value is -0.0400. The molecule has 0 amide bonds. The molecule has 3 saturated carbocycles. The first-order valence-corrected chi connectivity index (χ1v) is 12.5.